The average molecular weight is 169 g/mol. The molecule has 0 amide bonds. The standard InChI is InChI=1S/C6H10F3NO/c1-2-3-5(11)10-4-6(7,8)9/h2,5,10-11H,1,3-4H2. The highest BCUT2D eigenvalue weighted by atomic mass is 19.4. The predicted molar refractivity (Wildman–Crippen MR) is 34.9 cm³/mol. The number of hydrogen-bond acceptors (Lipinski definition) is 2. The fourth-order valence-electron chi connectivity index (χ4n) is 0.475. The first-order chi connectivity index (χ1) is 4.95. The van der Waals surface area contributed by atoms with Gasteiger partial charge in [0.15, 0.2) is 0 Å². The molecule has 66 valence electrons. The summed E-state index contributed by atoms with van der Waals surface area (Å²) in [5, 5.41) is 10.6. The lowest BCUT2D eigenvalue weighted by Gasteiger charge is -2.12. The number of halogens is 3. The third-order valence-electron chi connectivity index (χ3n) is 0.928. The number of rotatable bonds is 4. The Bertz CT molecular complexity index is 123. The van der Waals surface area contributed by atoms with E-state index in [-0.39, 0.29) is 6.42 Å². The molecule has 0 aromatic rings. The molecule has 5 heteroatoms. The second-order valence-electron chi connectivity index (χ2n) is 2.04. The summed E-state index contributed by atoms with van der Waals surface area (Å²) in [5.74, 6) is 0. The summed E-state index contributed by atoms with van der Waals surface area (Å²) in [7, 11) is 0. The average Bonchev–Trinajstić information content (AvgIpc) is 1.83. The van der Waals surface area contributed by atoms with E-state index in [1.54, 1.807) is 0 Å². The highest BCUT2D eigenvalue weighted by molar-refractivity contribution is 4.71. The molecule has 0 aliphatic heterocycles. The summed E-state index contributed by atoms with van der Waals surface area (Å²) >= 11 is 0. The highest BCUT2D eigenvalue weighted by Gasteiger charge is 2.27. The molecule has 0 heterocycles. The van der Waals surface area contributed by atoms with Crippen LogP contribution in [-0.4, -0.2) is 24.1 Å². The molecule has 1 atom stereocenters. The number of nitrogens with one attached hydrogen (secondary N) is 1. The van der Waals surface area contributed by atoms with Crippen molar-refractivity contribution in [2.24, 2.45) is 0 Å². The molecule has 1 unspecified atom stereocenters. The number of alkyl halides is 3. The smallest absolute Gasteiger partial charge is 0.378 e. The van der Waals surface area contributed by atoms with Crippen LogP contribution in [0.5, 0.6) is 0 Å². The van der Waals surface area contributed by atoms with Gasteiger partial charge in [-0.3, -0.25) is 5.32 Å². The van der Waals surface area contributed by atoms with E-state index in [1.165, 1.54) is 6.08 Å². The van der Waals surface area contributed by atoms with Crippen molar-refractivity contribution in [2.75, 3.05) is 6.54 Å². The van der Waals surface area contributed by atoms with Crippen LogP contribution < -0.4 is 5.32 Å². The van der Waals surface area contributed by atoms with E-state index in [9.17, 15) is 13.2 Å². The lowest BCUT2D eigenvalue weighted by atomic mass is 10.4. The van der Waals surface area contributed by atoms with Crippen LogP contribution in [0.2, 0.25) is 0 Å². The van der Waals surface area contributed by atoms with Crippen LogP contribution in [0.4, 0.5) is 13.2 Å². The molecular formula is C6H10F3NO. The molecule has 0 aromatic carbocycles. The summed E-state index contributed by atoms with van der Waals surface area (Å²) in [6.07, 6.45) is -3.99. The zero-order valence-electron chi connectivity index (χ0n) is 5.86. The molecule has 0 saturated carbocycles. The maximum absolute atomic E-state index is 11.5. The van der Waals surface area contributed by atoms with Gasteiger partial charge in [-0.2, -0.15) is 13.2 Å². The molecule has 0 bridgehead atoms. The van der Waals surface area contributed by atoms with Crippen molar-refractivity contribution in [3.05, 3.63) is 12.7 Å². The maximum atomic E-state index is 11.5. The lowest BCUT2D eigenvalue weighted by molar-refractivity contribution is -0.130. The number of aliphatic hydroxyl groups excluding tert-OH is 1. The van der Waals surface area contributed by atoms with Crippen LogP contribution >= 0.6 is 0 Å². The molecule has 0 aromatic heterocycles. The molecule has 0 fully saturated rings. The maximum Gasteiger partial charge on any atom is 0.401 e. The quantitative estimate of drug-likeness (QED) is 0.486. The van der Waals surface area contributed by atoms with E-state index in [2.05, 4.69) is 6.58 Å². The van der Waals surface area contributed by atoms with Crippen LogP contribution in [0, 0.1) is 0 Å². The summed E-state index contributed by atoms with van der Waals surface area (Å²) in [6, 6.07) is 0. The van der Waals surface area contributed by atoms with Gasteiger partial charge in [0.05, 0.1) is 6.54 Å². The van der Waals surface area contributed by atoms with Gasteiger partial charge in [0.1, 0.15) is 6.23 Å². The van der Waals surface area contributed by atoms with Crippen LogP contribution in [0.15, 0.2) is 12.7 Å². The minimum absolute atomic E-state index is 0.107. The van der Waals surface area contributed by atoms with E-state index in [0.29, 0.717) is 0 Å². The molecule has 0 saturated heterocycles. The van der Waals surface area contributed by atoms with Crippen molar-refractivity contribution >= 4 is 0 Å². The van der Waals surface area contributed by atoms with Crippen LogP contribution in [0.3, 0.4) is 0 Å². The fraction of sp³-hybridized carbons (Fsp3) is 0.667. The second kappa shape index (κ2) is 4.35. The summed E-state index contributed by atoms with van der Waals surface area (Å²) in [6.45, 7) is 2.09. The van der Waals surface area contributed by atoms with Gasteiger partial charge in [0.25, 0.3) is 0 Å². The Labute approximate surface area is 62.7 Å². The first kappa shape index (κ1) is 10.4. The minimum Gasteiger partial charge on any atom is -0.378 e. The first-order valence-electron chi connectivity index (χ1n) is 3.05. The summed E-state index contributed by atoms with van der Waals surface area (Å²) in [5.41, 5.74) is 0. The molecule has 0 spiro atoms. The molecule has 0 aliphatic rings. The van der Waals surface area contributed by atoms with Gasteiger partial charge in [-0.15, -0.1) is 6.58 Å². The first-order valence-corrected chi connectivity index (χ1v) is 3.05. The van der Waals surface area contributed by atoms with Crippen molar-refractivity contribution < 1.29 is 18.3 Å². The molecule has 2 N–H and O–H groups in total. The van der Waals surface area contributed by atoms with Gasteiger partial charge in [0, 0.05) is 6.42 Å². The van der Waals surface area contributed by atoms with Crippen molar-refractivity contribution in [3.63, 3.8) is 0 Å². The minimum atomic E-state index is -4.28. The topological polar surface area (TPSA) is 32.3 Å². The van der Waals surface area contributed by atoms with Crippen molar-refractivity contribution in [1.29, 1.82) is 0 Å². The van der Waals surface area contributed by atoms with E-state index >= 15 is 0 Å². The third-order valence-corrected chi connectivity index (χ3v) is 0.928. The zero-order valence-corrected chi connectivity index (χ0v) is 5.86. The van der Waals surface area contributed by atoms with Crippen molar-refractivity contribution in [3.8, 4) is 0 Å². The second-order valence-corrected chi connectivity index (χ2v) is 2.04. The largest absolute Gasteiger partial charge is 0.401 e. The molecular weight excluding hydrogens is 159 g/mol. The van der Waals surface area contributed by atoms with E-state index in [4.69, 9.17) is 5.11 Å². The van der Waals surface area contributed by atoms with E-state index in [0.717, 1.165) is 0 Å². The Kier molecular flexibility index (Phi) is 4.14. The van der Waals surface area contributed by atoms with Crippen LogP contribution in [0.1, 0.15) is 6.42 Å². The SMILES string of the molecule is C=CCC(O)NCC(F)(F)F. The highest BCUT2D eigenvalue weighted by Crippen LogP contribution is 2.12. The number of aliphatic hydroxyl groups is 1. The summed E-state index contributed by atoms with van der Waals surface area (Å²) in [4.78, 5) is 0. The van der Waals surface area contributed by atoms with Crippen LogP contribution in [-0.2, 0) is 0 Å². The predicted octanol–water partition coefficient (Wildman–Crippen LogP) is 1.03. The van der Waals surface area contributed by atoms with Gasteiger partial charge in [-0.1, -0.05) is 6.08 Å². The third kappa shape index (κ3) is 7.35. The Morgan fingerprint density at radius 2 is 2.09 bits per heavy atom. The summed E-state index contributed by atoms with van der Waals surface area (Å²) < 4.78 is 34.4. The molecule has 2 nitrogen and oxygen atoms in total. The number of hydrogen-bond donors (Lipinski definition) is 2. The van der Waals surface area contributed by atoms with Gasteiger partial charge in [0.2, 0.25) is 0 Å². The van der Waals surface area contributed by atoms with Crippen molar-refractivity contribution in [1.82, 2.24) is 5.32 Å². The Morgan fingerprint density at radius 1 is 1.55 bits per heavy atom. The monoisotopic (exact) mass is 169 g/mol. The van der Waals surface area contributed by atoms with Crippen LogP contribution in [0.25, 0.3) is 0 Å². The van der Waals surface area contributed by atoms with E-state index < -0.39 is 18.9 Å². The molecule has 0 aliphatic carbocycles. The Morgan fingerprint density at radius 3 is 2.45 bits per heavy atom. The van der Waals surface area contributed by atoms with Gasteiger partial charge < -0.3 is 5.11 Å². The van der Waals surface area contributed by atoms with Gasteiger partial charge in [-0.05, 0) is 0 Å². The van der Waals surface area contributed by atoms with E-state index in [1.807, 2.05) is 5.32 Å². The lowest BCUT2D eigenvalue weighted by Crippen LogP contribution is -2.36. The van der Waals surface area contributed by atoms with Gasteiger partial charge >= 0.3 is 6.18 Å². The molecule has 11 heavy (non-hydrogen) atoms. The Balaban J connectivity index is 3.45. The van der Waals surface area contributed by atoms with Gasteiger partial charge in [-0.25, -0.2) is 0 Å². The van der Waals surface area contributed by atoms with Crippen molar-refractivity contribution in [2.45, 2.75) is 18.8 Å². The molecule has 0 radical (unpaired) electrons. The fourth-order valence-corrected chi connectivity index (χ4v) is 0.475. The Hall–Kier alpha value is -0.550. The normalized spacial score (nSPS) is 14.5. The zero-order chi connectivity index (χ0) is 8.91. The molecule has 0 rings (SSSR count).